The number of benzene rings is 1. The molecule has 0 aliphatic heterocycles. The molecule has 100 valence electrons. The highest BCUT2D eigenvalue weighted by atomic mass is 16.5. The van der Waals surface area contributed by atoms with Crippen LogP contribution in [0.2, 0.25) is 0 Å². The lowest BCUT2D eigenvalue weighted by atomic mass is 10.3. The van der Waals surface area contributed by atoms with Gasteiger partial charge in [0.25, 0.3) is 5.91 Å². The standard InChI is InChI=1S/C14H22N2O2/c1-3-8-16(9-4-2)14(17)11-18-13-7-5-6-12(15)10-13/h5-7,10H,3-4,8-9,11,15H2,1-2H3. The summed E-state index contributed by atoms with van der Waals surface area (Å²) in [5, 5.41) is 0. The van der Waals surface area contributed by atoms with Crippen molar-refractivity contribution in [1.82, 2.24) is 4.90 Å². The van der Waals surface area contributed by atoms with Crippen LogP contribution >= 0.6 is 0 Å². The molecule has 0 aromatic heterocycles. The average Bonchev–Trinajstić information content (AvgIpc) is 2.36. The number of ether oxygens (including phenoxy) is 1. The number of nitrogens with zero attached hydrogens (tertiary/aromatic N) is 1. The van der Waals surface area contributed by atoms with Gasteiger partial charge in [-0.3, -0.25) is 4.79 Å². The van der Waals surface area contributed by atoms with Gasteiger partial charge in [0.1, 0.15) is 5.75 Å². The molecule has 1 aromatic carbocycles. The molecule has 1 rings (SSSR count). The third kappa shape index (κ3) is 4.65. The molecule has 0 unspecified atom stereocenters. The molecular weight excluding hydrogens is 228 g/mol. The number of rotatable bonds is 7. The van der Waals surface area contributed by atoms with Gasteiger partial charge < -0.3 is 15.4 Å². The van der Waals surface area contributed by atoms with E-state index in [4.69, 9.17) is 10.5 Å². The monoisotopic (exact) mass is 250 g/mol. The molecule has 1 aromatic rings. The summed E-state index contributed by atoms with van der Waals surface area (Å²) in [5.74, 6) is 0.664. The van der Waals surface area contributed by atoms with E-state index in [2.05, 4.69) is 13.8 Å². The first-order valence-corrected chi connectivity index (χ1v) is 6.43. The van der Waals surface area contributed by atoms with Crippen LogP contribution in [-0.2, 0) is 4.79 Å². The fraction of sp³-hybridized carbons (Fsp3) is 0.500. The van der Waals surface area contributed by atoms with Crippen LogP contribution in [0.15, 0.2) is 24.3 Å². The van der Waals surface area contributed by atoms with Crippen LogP contribution in [0.3, 0.4) is 0 Å². The Kier molecular flexibility index (Phi) is 6.05. The molecule has 0 aliphatic rings. The molecular formula is C14H22N2O2. The third-order valence-electron chi connectivity index (χ3n) is 2.56. The zero-order valence-electron chi connectivity index (χ0n) is 11.2. The second-order valence-electron chi connectivity index (χ2n) is 4.24. The molecule has 0 saturated carbocycles. The summed E-state index contributed by atoms with van der Waals surface area (Å²) in [6.45, 7) is 5.77. The van der Waals surface area contributed by atoms with Gasteiger partial charge in [0.05, 0.1) is 0 Å². The van der Waals surface area contributed by atoms with Crippen molar-refractivity contribution in [2.24, 2.45) is 0 Å². The summed E-state index contributed by atoms with van der Waals surface area (Å²) in [6.07, 6.45) is 1.92. The van der Waals surface area contributed by atoms with Crippen LogP contribution < -0.4 is 10.5 Å². The minimum absolute atomic E-state index is 0.0288. The fourth-order valence-electron chi connectivity index (χ4n) is 1.74. The highest BCUT2D eigenvalue weighted by Gasteiger charge is 2.12. The van der Waals surface area contributed by atoms with Gasteiger partial charge in [-0.2, -0.15) is 0 Å². The van der Waals surface area contributed by atoms with E-state index in [9.17, 15) is 4.79 Å². The Balaban J connectivity index is 2.48. The molecule has 0 spiro atoms. The maximum atomic E-state index is 12.0. The molecule has 1 amide bonds. The summed E-state index contributed by atoms with van der Waals surface area (Å²) in [5.41, 5.74) is 6.28. The van der Waals surface area contributed by atoms with Gasteiger partial charge in [-0.05, 0) is 25.0 Å². The Morgan fingerprint density at radius 1 is 1.28 bits per heavy atom. The van der Waals surface area contributed by atoms with Crippen molar-refractivity contribution in [3.63, 3.8) is 0 Å². The molecule has 0 fully saturated rings. The lowest BCUT2D eigenvalue weighted by molar-refractivity contribution is -0.133. The minimum Gasteiger partial charge on any atom is -0.484 e. The molecule has 0 saturated heterocycles. The second kappa shape index (κ2) is 7.58. The van der Waals surface area contributed by atoms with Crippen LogP contribution in [-0.4, -0.2) is 30.5 Å². The van der Waals surface area contributed by atoms with Crippen LogP contribution in [0.25, 0.3) is 0 Å². The zero-order chi connectivity index (χ0) is 13.4. The van der Waals surface area contributed by atoms with E-state index in [0.717, 1.165) is 25.9 Å². The number of hydrogen-bond acceptors (Lipinski definition) is 3. The van der Waals surface area contributed by atoms with Gasteiger partial charge in [0.2, 0.25) is 0 Å². The Hall–Kier alpha value is -1.71. The normalized spacial score (nSPS) is 10.1. The van der Waals surface area contributed by atoms with Crippen molar-refractivity contribution in [3.05, 3.63) is 24.3 Å². The Labute approximate surface area is 109 Å². The minimum atomic E-state index is 0.0288. The van der Waals surface area contributed by atoms with Crippen LogP contribution in [0.5, 0.6) is 5.75 Å². The van der Waals surface area contributed by atoms with Crippen molar-refractivity contribution in [2.75, 3.05) is 25.4 Å². The van der Waals surface area contributed by atoms with Gasteiger partial charge >= 0.3 is 0 Å². The number of amides is 1. The van der Waals surface area contributed by atoms with Crippen molar-refractivity contribution in [2.45, 2.75) is 26.7 Å². The molecule has 0 aliphatic carbocycles. The van der Waals surface area contributed by atoms with E-state index in [1.807, 2.05) is 11.0 Å². The Morgan fingerprint density at radius 2 is 1.94 bits per heavy atom. The summed E-state index contributed by atoms with van der Waals surface area (Å²) in [4.78, 5) is 13.8. The second-order valence-corrected chi connectivity index (χ2v) is 4.24. The van der Waals surface area contributed by atoms with Gasteiger partial charge in [-0.15, -0.1) is 0 Å². The van der Waals surface area contributed by atoms with E-state index < -0.39 is 0 Å². The summed E-state index contributed by atoms with van der Waals surface area (Å²) >= 11 is 0. The molecule has 0 radical (unpaired) electrons. The molecule has 2 N–H and O–H groups in total. The smallest absolute Gasteiger partial charge is 0.260 e. The Bertz CT molecular complexity index is 374. The highest BCUT2D eigenvalue weighted by molar-refractivity contribution is 5.77. The van der Waals surface area contributed by atoms with Gasteiger partial charge in [-0.25, -0.2) is 0 Å². The topological polar surface area (TPSA) is 55.6 Å². The zero-order valence-corrected chi connectivity index (χ0v) is 11.2. The van der Waals surface area contributed by atoms with Gasteiger partial charge in [-0.1, -0.05) is 19.9 Å². The predicted molar refractivity (Wildman–Crippen MR) is 73.5 cm³/mol. The van der Waals surface area contributed by atoms with Crippen molar-refractivity contribution < 1.29 is 9.53 Å². The van der Waals surface area contributed by atoms with E-state index in [0.29, 0.717) is 11.4 Å². The van der Waals surface area contributed by atoms with Crippen LogP contribution in [0.4, 0.5) is 5.69 Å². The number of nitrogen functional groups attached to an aromatic ring is 1. The molecule has 18 heavy (non-hydrogen) atoms. The van der Waals surface area contributed by atoms with E-state index >= 15 is 0 Å². The van der Waals surface area contributed by atoms with Gasteiger partial charge in [0, 0.05) is 24.8 Å². The highest BCUT2D eigenvalue weighted by Crippen LogP contribution is 2.14. The lowest BCUT2D eigenvalue weighted by Gasteiger charge is -2.21. The number of carbonyl (C=O) groups is 1. The fourth-order valence-corrected chi connectivity index (χ4v) is 1.74. The van der Waals surface area contributed by atoms with E-state index in [1.54, 1.807) is 18.2 Å². The largest absolute Gasteiger partial charge is 0.484 e. The quantitative estimate of drug-likeness (QED) is 0.755. The SMILES string of the molecule is CCCN(CCC)C(=O)COc1cccc(N)c1. The summed E-state index contributed by atoms with van der Waals surface area (Å²) in [6, 6.07) is 7.12. The average molecular weight is 250 g/mol. The van der Waals surface area contributed by atoms with Crippen LogP contribution in [0, 0.1) is 0 Å². The first-order chi connectivity index (χ1) is 8.67. The number of nitrogens with two attached hydrogens (primary N) is 1. The first-order valence-electron chi connectivity index (χ1n) is 6.43. The maximum absolute atomic E-state index is 12.0. The van der Waals surface area contributed by atoms with E-state index in [1.165, 1.54) is 0 Å². The molecule has 0 heterocycles. The molecule has 4 nitrogen and oxygen atoms in total. The van der Waals surface area contributed by atoms with Crippen molar-refractivity contribution in [3.8, 4) is 5.75 Å². The number of hydrogen-bond donors (Lipinski definition) is 1. The van der Waals surface area contributed by atoms with Crippen molar-refractivity contribution >= 4 is 11.6 Å². The van der Waals surface area contributed by atoms with Crippen molar-refractivity contribution in [1.29, 1.82) is 0 Å². The number of anilines is 1. The van der Waals surface area contributed by atoms with E-state index in [-0.39, 0.29) is 12.5 Å². The summed E-state index contributed by atoms with van der Waals surface area (Å²) in [7, 11) is 0. The molecule has 0 atom stereocenters. The summed E-state index contributed by atoms with van der Waals surface area (Å²) < 4.78 is 5.45. The number of carbonyl (C=O) groups excluding carboxylic acids is 1. The maximum Gasteiger partial charge on any atom is 0.260 e. The Morgan fingerprint density at radius 3 is 2.50 bits per heavy atom. The first kappa shape index (κ1) is 14.4. The third-order valence-corrected chi connectivity index (χ3v) is 2.56. The predicted octanol–water partition coefficient (Wildman–Crippen LogP) is 2.30. The van der Waals surface area contributed by atoms with Crippen LogP contribution in [0.1, 0.15) is 26.7 Å². The van der Waals surface area contributed by atoms with Gasteiger partial charge in [0.15, 0.2) is 6.61 Å². The molecule has 4 heteroatoms. The lowest BCUT2D eigenvalue weighted by Crippen LogP contribution is -2.36. The molecule has 0 bridgehead atoms.